The second kappa shape index (κ2) is 6.40. The predicted octanol–water partition coefficient (Wildman–Crippen LogP) is 3.40. The number of piperidine rings is 1. The van der Waals surface area contributed by atoms with Crippen LogP contribution in [0.5, 0.6) is 0 Å². The summed E-state index contributed by atoms with van der Waals surface area (Å²) in [5.41, 5.74) is 0.759. The summed E-state index contributed by atoms with van der Waals surface area (Å²) in [6.45, 7) is 6.23. The Labute approximate surface area is 119 Å². The Bertz CT molecular complexity index is 450. The van der Waals surface area contributed by atoms with E-state index in [1.165, 1.54) is 12.8 Å². The van der Waals surface area contributed by atoms with Crippen LogP contribution in [-0.4, -0.2) is 29.9 Å². The minimum Gasteiger partial charge on any atom is -0.325 e. The van der Waals surface area contributed by atoms with E-state index in [0.29, 0.717) is 10.9 Å². The number of hydrogen-bond acceptors (Lipinski definition) is 2. The van der Waals surface area contributed by atoms with Gasteiger partial charge >= 0.3 is 0 Å². The largest absolute Gasteiger partial charge is 0.325 e. The van der Waals surface area contributed by atoms with E-state index in [1.54, 1.807) is 12.1 Å². The van der Waals surface area contributed by atoms with Gasteiger partial charge in [0.2, 0.25) is 5.91 Å². The van der Waals surface area contributed by atoms with Crippen LogP contribution in [0.2, 0.25) is 5.02 Å². The lowest BCUT2D eigenvalue weighted by Crippen LogP contribution is -2.46. The number of amides is 1. The van der Waals surface area contributed by atoms with Crippen molar-refractivity contribution in [1.82, 2.24) is 4.90 Å². The van der Waals surface area contributed by atoms with Crippen molar-refractivity contribution in [2.75, 3.05) is 18.4 Å². The Morgan fingerprint density at radius 3 is 3.00 bits per heavy atom. The fraction of sp³-hybridized carbons (Fsp3) is 0.533. The van der Waals surface area contributed by atoms with Gasteiger partial charge in [-0.2, -0.15) is 0 Å². The highest BCUT2D eigenvalue weighted by Gasteiger charge is 2.25. The Balaban J connectivity index is 1.95. The number of rotatable bonds is 3. The molecular weight excluding hydrogens is 260 g/mol. The number of nitrogens with one attached hydrogen (secondary N) is 1. The smallest absolute Gasteiger partial charge is 0.241 e. The lowest BCUT2D eigenvalue weighted by Gasteiger charge is -2.34. The van der Waals surface area contributed by atoms with Crippen LogP contribution in [0.4, 0.5) is 5.69 Å². The summed E-state index contributed by atoms with van der Waals surface area (Å²) in [4.78, 5) is 14.5. The number of halogens is 1. The molecular formula is C15H21ClN2O. The van der Waals surface area contributed by atoms with E-state index < -0.39 is 0 Å². The van der Waals surface area contributed by atoms with E-state index in [2.05, 4.69) is 17.1 Å². The molecule has 0 aliphatic carbocycles. The van der Waals surface area contributed by atoms with Crippen LogP contribution in [0.15, 0.2) is 24.3 Å². The predicted molar refractivity (Wildman–Crippen MR) is 79.5 cm³/mol. The van der Waals surface area contributed by atoms with Crippen molar-refractivity contribution >= 4 is 23.2 Å². The van der Waals surface area contributed by atoms with E-state index in [-0.39, 0.29) is 11.9 Å². The summed E-state index contributed by atoms with van der Waals surface area (Å²) in [6.07, 6.45) is 2.44. The molecule has 1 N–H and O–H groups in total. The van der Waals surface area contributed by atoms with Crippen LogP contribution in [0.1, 0.15) is 26.7 Å². The maximum atomic E-state index is 12.2. The molecule has 1 aromatic carbocycles. The number of anilines is 1. The Hall–Kier alpha value is -1.06. The third kappa shape index (κ3) is 3.95. The number of carbonyl (C=O) groups excluding carboxylic acids is 1. The molecule has 1 fully saturated rings. The number of hydrogen-bond donors (Lipinski definition) is 1. The first kappa shape index (κ1) is 14.4. The van der Waals surface area contributed by atoms with Gasteiger partial charge < -0.3 is 5.32 Å². The average molecular weight is 281 g/mol. The molecule has 2 rings (SSSR count). The summed E-state index contributed by atoms with van der Waals surface area (Å²) in [7, 11) is 0. The first-order valence-electron chi connectivity index (χ1n) is 6.87. The van der Waals surface area contributed by atoms with E-state index in [1.807, 2.05) is 19.1 Å². The first-order chi connectivity index (χ1) is 9.06. The number of likely N-dealkylation sites (tertiary alicyclic amines) is 1. The van der Waals surface area contributed by atoms with Crippen molar-refractivity contribution in [3.05, 3.63) is 29.3 Å². The summed E-state index contributed by atoms with van der Waals surface area (Å²) < 4.78 is 0. The summed E-state index contributed by atoms with van der Waals surface area (Å²) in [6, 6.07) is 7.17. The van der Waals surface area contributed by atoms with E-state index in [9.17, 15) is 4.79 Å². The average Bonchev–Trinajstić information content (AvgIpc) is 2.38. The van der Waals surface area contributed by atoms with Gasteiger partial charge in [-0.15, -0.1) is 0 Å². The molecule has 1 aliphatic heterocycles. The Morgan fingerprint density at radius 1 is 1.53 bits per heavy atom. The molecule has 0 radical (unpaired) electrons. The minimum atomic E-state index is -0.0956. The van der Waals surface area contributed by atoms with Crippen LogP contribution in [0.3, 0.4) is 0 Å². The fourth-order valence-electron chi connectivity index (χ4n) is 2.56. The highest BCUT2D eigenvalue weighted by atomic mass is 35.5. The standard InChI is InChI=1S/C15H21ClN2O/c1-11-5-4-8-18(10-11)12(2)15(19)17-14-7-3-6-13(16)9-14/h3,6-7,9,11-12H,4-5,8,10H2,1-2H3,(H,17,19). The second-order valence-corrected chi connectivity index (χ2v) is 5.85. The van der Waals surface area contributed by atoms with E-state index in [0.717, 1.165) is 18.8 Å². The van der Waals surface area contributed by atoms with Gasteiger partial charge in [0, 0.05) is 17.3 Å². The first-order valence-corrected chi connectivity index (χ1v) is 7.24. The molecule has 2 unspecified atom stereocenters. The highest BCUT2D eigenvalue weighted by Crippen LogP contribution is 2.19. The zero-order valence-corrected chi connectivity index (χ0v) is 12.3. The second-order valence-electron chi connectivity index (χ2n) is 5.42. The van der Waals surface area contributed by atoms with Gasteiger partial charge in [0.25, 0.3) is 0 Å². The van der Waals surface area contributed by atoms with Crippen LogP contribution in [0, 0.1) is 5.92 Å². The van der Waals surface area contributed by atoms with Crippen molar-refractivity contribution in [1.29, 1.82) is 0 Å². The van der Waals surface area contributed by atoms with Crippen LogP contribution < -0.4 is 5.32 Å². The van der Waals surface area contributed by atoms with Crippen molar-refractivity contribution in [3.63, 3.8) is 0 Å². The molecule has 3 nitrogen and oxygen atoms in total. The van der Waals surface area contributed by atoms with Crippen LogP contribution >= 0.6 is 11.6 Å². The summed E-state index contributed by atoms with van der Waals surface area (Å²) >= 11 is 5.91. The van der Waals surface area contributed by atoms with Crippen LogP contribution in [-0.2, 0) is 4.79 Å². The van der Waals surface area contributed by atoms with Crippen molar-refractivity contribution in [3.8, 4) is 0 Å². The molecule has 2 atom stereocenters. The maximum absolute atomic E-state index is 12.2. The number of nitrogens with zero attached hydrogens (tertiary/aromatic N) is 1. The molecule has 104 valence electrons. The van der Waals surface area contributed by atoms with Crippen molar-refractivity contribution in [2.24, 2.45) is 5.92 Å². The van der Waals surface area contributed by atoms with Gasteiger partial charge in [-0.05, 0) is 50.4 Å². The van der Waals surface area contributed by atoms with Crippen LogP contribution in [0.25, 0.3) is 0 Å². The molecule has 0 bridgehead atoms. The zero-order valence-electron chi connectivity index (χ0n) is 11.5. The molecule has 1 amide bonds. The van der Waals surface area contributed by atoms with Gasteiger partial charge in [0.05, 0.1) is 6.04 Å². The van der Waals surface area contributed by atoms with Gasteiger partial charge in [-0.25, -0.2) is 0 Å². The van der Waals surface area contributed by atoms with Gasteiger partial charge in [-0.1, -0.05) is 24.6 Å². The Morgan fingerprint density at radius 2 is 2.32 bits per heavy atom. The fourth-order valence-corrected chi connectivity index (χ4v) is 2.75. The molecule has 0 spiro atoms. The molecule has 1 aliphatic rings. The minimum absolute atomic E-state index is 0.0383. The number of benzene rings is 1. The Kier molecular flexibility index (Phi) is 4.83. The SMILES string of the molecule is CC1CCCN(C(C)C(=O)Nc2cccc(Cl)c2)C1. The van der Waals surface area contributed by atoms with E-state index in [4.69, 9.17) is 11.6 Å². The summed E-state index contributed by atoms with van der Waals surface area (Å²) in [5.74, 6) is 0.714. The zero-order chi connectivity index (χ0) is 13.8. The van der Waals surface area contributed by atoms with Crippen molar-refractivity contribution < 1.29 is 4.79 Å². The van der Waals surface area contributed by atoms with Gasteiger partial charge in [0.15, 0.2) is 0 Å². The summed E-state index contributed by atoms with van der Waals surface area (Å²) in [5, 5.41) is 3.57. The van der Waals surface area contributed by atoms with Gasteiger partial charge in [0.1, 0.15) is 0 Å². The molecule has 19 heavy (non-hydrogen) atoms. The maximum Gasteiger partial charge on any atom is 0.241 e. The normalized spacial score (nSPS) is 21.9. The molecule has 1 aromatic rings. The highest BCUT2D eigenvalue weighted by molar-refractivity contribution is 6.30. The van der Waals surface area contributed by atoms with E-state index >= 15 is 0 Å². The van der Waals surface area contributed by atoms with Gasteiger partial charge in [-0.3, -0.25) is 9.69 Å². The monoisotopic (exact) mass is 280 g/mol. The molecule has 4 heteroatoms. The third-order valence-electron chi connectivity index (χ3n) is 3.71. The lowest BCUT2D eigenvalue weighted by molar-refractivity contribution is -0.121. The molecule has 0 aromatic heterocycles. The molecule has 1 saturated heterocycles. The topological polar surface area (TPSA) is 32.3 Å². The lowest BCUT2D eigenvalue weighted by atomic mass is 9.99. The van der Waals surface area contributed by atoms with Crippen molar-refractivity contribution in [2.45, 2.75) is 32.7 Å². The quantitative estimate of drug-likeness (QED) is 0.920. The molecule has 0 saturated carbocycles. The third-order valence-corrected chi connectivity index (χ3v) is 3.94. The molecule has 1 heterocycles. The number of carbonyl (C=O) groups is 1.